The summed E-state index contributed by atoms with van der Waals surface area (Å²) in [6.07, 6.45) is 6.76. The number of morpholine rings is 1. The van der Waals surface area contributed by atoms with E-state index in [-0.39, 0.29) is 29.8 Å². The number of hydrogen-bond donors (Lipinski definition) is 2. The summed E-state index contributed by atoms with van der Waals surface area (Å²) < 4.78 is 5.42. The van der Waals surface area contributed by atoms with Gasteiger partial charge in [-0.2, -0.15) is 0 Å². The Balaban J connectivity index is 0.00000192. The number of nitrogens with one attached hydrogen (secondary N) is 2. The second-order valence-electron chi connectivity index (χ2n) is 6.53. The Labute approximate surface area is 148 Å². The monoisotopic (exact) mass is 358 g/mol. The molecule has 2 fully saturated rings. The second kappa shape index (κ2) is 9.02. The van der Waals surface area contributed by atoms with Crippen molar-refractivity contribution in [3.05, 3.63) is 22.4 Å². The van der Waals surface area contributed by atoms with E-state index < -0.39 is 0 Å². The van der Waals surface area contributed by atoms with E-state index in [1.165, 1.54) is 37.0 Å². The zero-order valence-electron chi connectivity index (χ0n) is 13.5. The Hall–Kier alpha value is -0.620. The molecule has 6 heteroatoms. The number of thiophene rings is 1. The van der Waals surface area contributed by atoms with Crippen molar-refractivity contribution in [3.8, 4) is 0 Å². The molecule has 2 aliphatic rings. The van der Waals surface area contributed by atoms with E-state index in [1.807, 2.05) is 11.3 Å². The van der Waals surface area contributed by atoms with Crippen LogP contribution in [0.2, 0.25) is 0 Å². The quantitative estimate of drug-likeness (QED) is 0.851. The van der Waals surface area contributed by atoms with Crippen LogP contribution in [0.5, 0.6) is 0 Å². The van der Waals surface area contributed by atoms with Gasteiger partial charge in [-0.15, -0.1) is 23.7 Å². The predicted molar refractivity (Wildman–Crippen MR) is 96.6 cm³/mol. The van der Waals surface area contributed by atoms with Crippen LogP contribution < -0.4 is 10.6 Å². The van der Waals surface area contributed by atoms with Crippen LogP contribution in [0, 0.1) is 0 Å². The van der Waals surface area contributed by atoms with E-state index in [4.69, 9.17) is 4.74 Å². The SMILES string of the molecule is Cl.O=C(CC1COCCN1)NCC1(c2cccs2)CCCCC1. The molecule has 130 valence electrons. The van der Waals surface area contributed by atoms with Crippen molar-refractivity contribution in [2.24, 2.45) is 0 Å². The number of hydrogen-bond acceptors (Lipinski definition) is 4. The lowest BCUT2D eigenvalue weighted by Gasteiger charge is -2.37. The molecule has 0 radical (unpaired) electrons. The normalized spacial score (nSPS) is 23.7. The van der Waals surface area contributed by atoms with Crippen LogP contribution in [0.1, 0.15) is 43.4 Å². The maximum Gasteiger partial charge on any atom is 0.221 e. The molecule has 1 saturated heterocycles. The average molecular weight is 359 g/mol. The van der Waals surface area contributed by atoms with Crippen molar-refractivity contribution in [2.45, 2.75) is 50.0 Å². The first-order valence-corrected chi connectivity index (χ1v) is 9.28. The fraction of sp³-hybridized carbons (Fsp3) is 0.706. The molecular formula is C17H27ClN2O2S. The van der Waals surface area contributed by atoms with E-state index >= 15 is 0 Å². The van der Waals surface area contributed by atoms with E-state index in [1.54, 1.807) is 0 Å². The zero-order chi connectivity index (χ0) is 15.3. The van der Waals surface area contributed by atoms with Crippen molar-refractivity contribution in [1.82, 2.24) is 10.6 Å². The standard InChI is InChI=1S/C17H26N2O2S.ClH/c20-16(11-14-12-21-9-8-18-14)19-13-17(6-2-1-3-7-17)15-5-4-10-22-15;/h4-5,10,14,18H,1-3,6-9,11-13H2,(H,19,20);1H. The lowest BCUT2D eigenvalue weighted by Crippen LogP contribution is -2.46. The summed E-state index contributed by atoms with van der Waals surface area (Å²) in [4.78, 5) is 13.7. The van der Waals surface area contributed by atoms with Gasteiger partial charge in [0.2, 0.25) is 5.91 Å². The maximum atomic E-state index is 12.3. The van der Waals surface area contributed by atoms with Crippen LogP contribution in [0.4, 0.5) is 0 Å². The van der Waals surface area contributed by atoms with Crippen LogP contribution in [0.3, 0.4) is 0 Å². The highest BCUT2D eigenvalue weighted by Gasteiger charge is 2.35. The van der Waals surface area contributed by atoms with Crippen LogP contribution in [0.25, 0.3) is 0 Å². The lowest BCUT2D eigenvalue weighted by molar-refractivity contribution is -0.122. The number of carbonyl (C=O) groups excluding carboxylic acids is 1. The second-order valence-corrected chi connectivity index (χ2v) is 7.47. The number of carbonyl (C=O) groups is 1. The minimum absolute atomic E-state index is 0. The first kappa shape index (κ1) is 18.7. The van der Waals surface area contributed by atoms with Gasteiger partial charge < -0.3 is 15.4 Å². The molecule has 2 N–H and O–H groups in total. The number of rotatable bonds is 5. The van der Waals surface area contributed by atoms with Gasteiger partial charge in [-0.05, 0) is 24.3 Å². The molecule has 1 aromatic rings. The Morgan fingerprint density at radius 3 is 2.87 bits per heavy atom. The van der Waals surface area contributed by atoms with Crippen LogP contribution in [-0.4, -0.2) is 38.3 Å². The summed E-state index contributed by atoms with van der Waals surface area (Å²) in [5, 5.41) is 8.69. The molecule has 1 saturated carbocycles. The fourth-order valence-corrected chi connectivity index (χ4v) is 4.62. The maximum absolute atomic E-state index is 12.3. The van der Waals surface area contributed by atoms with Crippen molar-refractivity contribution in [1.29, 1.82) is 0 Å². The van der Waals surface area contributed by atoms with E-state index in [0.717, 1.165) is 19.7 Å². The van der Waals surface area contributed by atoms with Crippen LogP contribution >= 0.6 is 23.7 Å². The lowest BCUT2D eigenvalue weighted by atomic mass is 9.73. The minimum Gasteiger partial charge on any atom is -0.378 e. The number of amides is 1. The average Bonchev–Trinajstić information content (AvgIpc) is 3.10. The molecule has 1 aromatic heterocycles. The summed E-state index contributed by atoms with van der Waals surface area (Å²) >= 11 is 1.83. The highest BCUT2D eigenvalue weighted by molar-refractivity contribution is 7.10. The molecule has 3 rings (SSSR count). The van der Waals surface area contributed by atoms with Crippen LogP contribution in [-0.2, 0) is 14.9 Å². The summed E-state index contributed by atoms with van der Waals surface area (Å²) in [5.41, 5.74) is 0.165. The smallest absolute Gasteiger partial charge is 0.221 e. The van der Waals surface area contributed by atoms with Gasteiger partial charge in [-0.1, -0.05) is 25.3 Å². The summed E-state index contributed by atoms with van der Waals surface area (Å²) in [6.45, 7) is 3.01. The third kappa shape index (κ3) is 4.92. The molecule has 2 heterocycles. The van der Waals surface area contributed by atoms with Crippen molar-refractivity contribution in [3.63, 3.8) is 0 Å². The van der Waals surface area contributed by atoms with Gasteiger partial charge in [0.25, 0.3) is 0 Å². The first-order chi connectivity index (χ1) is 10.8. The third-order valence-electron chi connectivity index (χ3n) is 4.91. The van der Waals surface area contributed by atoms with Gasteiger partial charge in [-0.25, -0.2) is 0 Å². The van der Waals surface area contributed by atoms with E-state index in [9.17, 15) is 4.79 Å². The van der Waals surface area contributed by atoms with Gasteiger partial charge in [0.15, 0.2) is 0 Å². The van der Waals surface area contributed by atoms with Gasteiger partial charge in [0, 0.05) is 35.8 Å². The molecular weight excluding hydrogens is 332 g/mol. The fourth-order valence-electron chi connectivity index (χ4n) is 3.63. The van der Waals surface area contributed by atoms with Gasteiger partial charge in [0.1, 0.15) is 0 Å². The Kier molecular flexibility index (Phi) is 7.34. The van der Waals surface area contributed by atoms with Crippen molar-refractivity contribution in [2.75, 3.05) is 26.3 Å². The minimum atomic E-state index is 0. The van der Waals surface area contributed by atoms with Gasteiger partial charge >= 0.3 is 0 Å². The van der Waals surface area contributed by atoms with Crippen LogP contribution in [0.15, 0.2) is 17.5 Å². The third-order valence-corrected chi connectivity index (χ3v) is 6.02. The Bertz CT molecular complexity index is 469. The highest BCUT2D eigenvalue weighted by Crippen LogP contribution is 2.41. The zero-order valence-corrected chi connectivity index (χ0v) is 15.1. The van der Waals surface area contributed by atoms with Gasteiger partial charge in [0.05, 0.1) is 13.2 Å². The summed E-state index contributed by atoms with van der Waals surface area (Å²) in [5.74, 6) is 0.143. The van der Waals surface area contributed by atoms with Gasteiger partial charge in [-0.3, -0.25) is 4.79 Å². The molecule has 1 aliphatic heterocycles. The molecule has 1 atom stereocenters. The molecule has 4 nitrogen and oxygen atoms in total. The molecule has 1 amide bonds. The Morgan fingerprint density at radius 2 is 2.22 bits per heavy atom. The first-order valence-electron chi connectivity index (χ1n) is 8.40. The molecule has 1 aliphatic carbocycles. The number of ether oxygens (including phenoxy) is 1. The topological polar surface area (TPSA) is 50.4 Å². The molecule has 23 heavy (non-hydrogen) atoms. The number of halogens is 1. The Morgan fingerprint density at radius 1 is 1.39 bits per heavy atom. The van der Waals surface area contributed by atoms with Crippen molar-refractivity contribution >= 4 is 29.7 Å². The largest absolute Gasteiger partial charge is 0.378 e. The molecule has 1 unspecified atom stereocenters. The molecule has 0 spiro atoms. The summed E-state index contributed by atoms with van der Waals surface area (Å²) in [6, 6.07) is 4.53. The predicted octanol–water partition coefficient (Wildman–Crippen LogP) is 2.87. The van der Waals surface area contributed by atoms with E-state index in [2.05, 4.69) is 28.1 Å². The molecule has 0 aromatic carbocycles. The van der Waals surface area contributed by atoms with E-state index in [0.29, 0.717) is 13.0 Å². The van der Waals surface area contributed by atoms with Crippen molar-refractivity contribution < 1.29 is 9.53 Å². The summed E-state index contributed by atoms with van der Waals surface area (Å²) in [7, 11) is 0. The molecule has 0 bridgehead atoms. The highest BCUT2D eigenvalue weighted by atomic mass is 35.5.